The summed E-state index contributed by atoms with van der Waals surface area (Å²) < 4.78 is 7.47. The highest BCUT2D eigenvalue weighted by molar-refractivity contribution is 7.98. The zero-order valence-electron chi connectivity index (χ0n) is 14.7. The molecule has 3 heterocycles. The number of rotatable bonds is 4. The van der Waals surface area contributed by atoms with Crippen LogP contribution in [0.15, 0.2) is 32.6 Å². The molecular formula is C19H21N3O3S. The van der Waals surface area contributed by atoms with E-state index in [1.165, 1.54) is 18.6 Å². The van der Waals surface area contributed by atoms with E-state index in [0.717, 1.165) is 53.3 Å². The number of benzene rings is 1. The molecule has 1 N–H and O–H groups in total. The molecule has 0 amide bonds. The molecule has 0 fully saturated rings. The van der Waals surface area contributed by atoms with E-state index in [1.54, 1.807) is 11.8 Å². The zero-order valence-corrected chi connectivity index (χ0v) is 15.5. The van der Waals surface area contributed by atoms with Crippen molar-refractivity contribution in [3.63, 3.8) is 0 Å². The number of nitrogens with zero attached hydrogens (tertiary/aromatic N) is 3. The van der Waals surface area contributed by atoms with Crippen LogP contribution in [0.2, 0.25) is 0 Å². The molecule has 0 radical (unpaired) electrons. The van der Waals surface area contributed by atoms with E-state index in [1.807, 2.05) is 13.0 Å². The van der Waals surface area contributed by atoms with E-state index in [4.69, 9.17) is 4.42 Å². The minimum Gasteiger partial charge on any atom is -0.508 e. The summed E-state index contributed by atoms with van der Waals surface area (Å²) in [6, 6.07) is 4.98. The summed E-state index contributed by atoms with van der Waals surface area (Å²) in [6.07, 6.45) is 5.23. The summed E-state index contributed by atoms with van der Waals surface area (Å²) in [4.78, 5) is 11.9. The van der Waals surface area contributed by atoms with Crippen molar-refractivity contribution in [2.45, 2.75) is 56.5 Å². The van der Waals surface area contributed by atoms with Gasteiger partial charge in [-0.15, -0.1) is 10.2 Å². The van der Waals surface area contributed by atoms with E-state index in [0.29, 0.717) is 17.8 Å². The largest absolute Gasteiger partial charge is 0.508 e. The maximum atomic E-state index is 11.9. The molecule has 2 aromatic heterocycles. The van der Waals surface area contributed by atoms with Crippen molar-refractivity contribution in [2.24, 2.45) is 0 Å². The third-order valence-corrected chi connectivity index (χ3v) is 5.86. The molecule has 1 aliphatic heterocycles. The van der Waals surface area contributed by atoms with Crippen LogP contribution in [-0.2, 0) is 25.1 Å². The molecule has 0 unspecified atom stereocenters. The summed E-state index contributed by atoms with van der Waals surface area (Å²) in [5.41, 5.74) is 1.75. The van der Waals surface area contributed by atoms with Gasteiger partial charge in [0.2, 0.25) is 0 Å². The summed E-state index contributed by atoms with van der Waals surface area (Å²) in [6.45, 7) is 2.94. The molecule has 6 nitrogen and oxygen atoms in total. The Bertz CT molecular complexity index is 1010. The van der Waals surface area contributed by atoms with Gasteiger partial charge in [0.25, 0.3) is 0 Å². The van der Waals surface area contributed by atoms with Crippen molar-refractivity contribution < 1.29 is 9.52 Å². The number of fused-ring (bicyclic) bond motifs is 2. The second-order valence-corrected chi connectivity index (χ2v) is 7.51. The number of phenolic OH excluding ortho intramolecular Hbond substituents is 1. The molecule has 1 aliphatic rings. The molecule has 0 bridgehead atoms. The second kappa shape index (κ2) is 7.15. The van der Waals surface area contributed by atoms with Crippen LogP contribution >= 0.6 is 11.8 Å². The number of aromatic hydroxyl groups is 1. The molecule has 0 saturated heterocycles. The summed E-state index contributed by atoms with van der Waals surface area (Å²) in [5.74, 6) is 1.82. The van der Waals surface area contributed by atoms with Gasteiger partial charge < -0.3 is 14.1 Å². The topological polar surface area (TPSA) is 81.2 Å². The van der Waals surface area contributed by atoms with Crippen LogP contribution in [0.1, 0.15) is 43.1 Å². The van der Waals surface area contributed by atoms with E-state index in [9.17, 15) is 9.90 Å². The minimum absolute atomic E-state index is 0.163. The van der Waals surface area contributed by atoms with Gasteiger partial charge in [-0.2, -0.15) is 0 Å². The number of aromatic nitrogens is 3. The standard InChI is InChI=1S/C19H21N3O3S/c1-2-12-8-14-13(9-18(24)25-16(14)10-15(12)23)11-26-19-21-20-17-6-4-3-5-7-22(17)19/h8-10,23H,2-7,11H2,1H3. The van der Waals surface area contributed by atoms with Gasteiger partial charge in [-0.1, -0.05) is 25.1 Å². The van der Waals surface area contributed by atoms with Crippen molar-refractivity contribution in [3.05, 3.63) is 45.6 Å². The number of phenols is 1. The maximum Gasteiger partial charge on any atom is 0.336 e. The first-order valence-corrected chi connectivity index (χ1v) is 9.97. The second-order valence-electron chi connectivity index (χ2n) is 6.57. The Morgan fingerprint density at radius 3 is 2.92 bits per heavy atom. The molecular weight excluding hydrogens is 350 g/mol. The molecule has 0 atom stereocenters. The number of hydrogen-bond donors (Lipinski definition) is 1. The average Bonchev–Trinajstić information content (AvgIpc) is 2.85. The molecule has 0 spiro atoms. The van der Waals surface area contributed by atoms with Crippen LogP contribution < -0.4 is 5.63 Å². The minimum atomic E-state index is -0.406. The SMILES string of the molecule is CCc1cc2c(CSc3nnc4n3CCCCC4)cc(=O)oc2cc1O. The highest BCUT2D eigenvalue weighted by atomic mass is 32.2. The van der Waals surface area contributed by atoms with Crippen molar-refractivity contribution in [2.75, 3.05) is 0 Å². The lowest BCUT2D eigenvalue weighted by atomic mass is 10.1. The van der Waals surface area contributed by atoms with Crippen molar-refractivity contribution in [1.82, 2.24) is 14.8 Å². The van der Waals surface area contributed by atoms with Gasteiger partial charge in [-0.05, 0) is 36.5 Å². The Morgan fingerprint density at radius 2 is 2.08 bits per heavy atom. The van der Waals surface area contributed by atoms with Crippen LogP contribution in [0.5, 0.6) is 5.75 Å². The van der Waals surface area contributed by atoms with Crippen molar-refractivity contribution in [1.29, 1.82) is 0 Å². The maximum absolute atomic E-state index is 11.9. The highest BCUT2D eigenvalue weighted by Gasteiger charge is 2.16. The lowest BCUT2D eigenvalue weighted by Crippen LogP contribution is -2.03. The van der Waals surface area contributed by atoms with Crippen LogP contribution in [0.3, 0.4) is 0 Å². The molecule has 7 heteroatoms. The number of thioether (sulfide) groups is 1. The predicted molar refractivity (Wildman–Crippen MR) is 101 cm³/mol. The Hall–Kier alpha value is -2.28. The highest BCUT2D eigenvalue weighted by Crippen LogP contribution is 2.31. The molecule has 26 heavy (non-hydrogen) atoms. The number of aryl methyl sites for hydroxylation is 2. The fraction of sp³-hybridized carbons (Fsp3) is 0.421. The third-order valence-electron chi connectivity index (χ3n) is 4.84. The van der Waals surface area contributed by atoms with Gasteiger partial charge in [0.15, 0.2) is 5.16 Å². The molecule has 0 aliphatic carbocycles. The van der Waals surface area contributed by atoms with Gasteiger partial charge in [0.05, 0.1) is 0 Å². The number of hydrogen-bond acceptors (Lipinski definition) is 6. The monoisotopic (exact) mass is 371 g/mol. The van der Waals surface area contributed by atoms with E-state index in [-0.39, 0.29) is 5.75 Å². The summed E-state index contributed by atoms with van der Waals surface area (Å²) >= 11 is 1.59. The first-order valence-electron chi connectivity index (χ1n) is 8.99. The molecule has 1 aromatic carbocycles. The van der Waals surface area contributed by atoms with Gasteiger partial charge in [-0.3, -0.25) is 0 Å². The molecule has 3 aromatic rings. The van der Waals surface area contributed by atoms with Gasteiger partial charge in [0.1, 0.15) is 17.2 Å². The van der Waals surface area contributed by atoms with Crippen molar-refractivity contribution >= 4 is 22.7 Å². The van der Waals surface area contributed by atoms with Crippen LogP contribution in [0.25, 0.3) is 11.0 Å². The molecule has 4 rings (SSSR count). The molecule has 0 saturated carbocycles. The average molecular weight is 371 g/mol. The first kappa shape index (κ1) is 17.1. The predicted octanol–water partition coefficient (Wildman–Crippen LogP) is 3.67. The van der Waals surface area contributed by atoms with Crippen LogP contribution in [0, 0.1) is 0 Å². The Balaban J connectivity index is 1.67. The van der Waals surface area contributed by atoms with E-state index >= 15 is 0 Å². The van der Waals surface area contributed by atoms with Gasteiger partial charge >= 0.3 is 5.63 Å². The Morgan fingerprint density at radius 1 is 1.19 bits per heavy atom. The van der Waals surface area contributed by atoms with E-state index < -0.39 is 5.63 Å². The van der Waals surface area contributed by atoms with Crippen LogP contribution in [-0.4, -0.2) is 19.9 Å². The Kier molecular flexibility index (Phi) is 4.72. The third kappa shape index (κ3) is 3.23. The zero-order chi connectivity index (χ0) is 18.1. The fourth-order valence-electron chi connectivity index (χ4n) is 3.42. The van der Waals surface area contributed by atoms with E-state index in [2.05, 4.69) is 14.8 Å². The first-order chi connectivity index (χ1) is 12.7. The lowest BCUT2D eigenvalue weighted by Gasteiger charge is -2.09. The summed E-state index contributed by atoms with van der Waals surface area (Å²) in [7, 11) is 0. The van der Waals surface area contributed by atoms with Gasteiger partial charge in [0, 0.05) is 36.2 Å². The summed E-state index contributed by atoms with van der Waals surface area (Å²) in [5, 5.41) is 20.5. The smallest absolute Gasteiger partial charge is 0.336 e. The normalized spacial score (nSPS) is 14.3. The quantitative estimate of drug-likeness (QED) is 0.557. The van der Waals surface area contributed by atoms with Crippen LogP contribution in [0.4, 0.5) is 0 Å². The van der Waals surface area contributed by atoms with Crippen molar-refractivity contribution in [3.8, 4) is 5.75 Å². The molecule has 136 valence electrons. The van der Waals surface area contributed by atoms with Gasteiger partial charge in [-0.25, -0.2) is 4.79 Å². The Labute approximate surface area is 155 Å². The lowest BCUT2D eigenvalue weighted by molar-refractivity contribution is 0.466. The fourth-order valence-corrected chi connectivity index (χ4v) is 4.39.